The molecule has 1 heterocycles. The Kier molecular flexibility index (Phi) is 6.81. The molecular weight excluding hydrogens is 238 g/mol. The van der Waals surface area contributed by atoms with Crippen molar-refractivity contribution >= 4 is 5.69 Å². The Bertz CT molecular complexity index is 351. The maximum absolute atomic E-state index is 5.56. The molecule has 0 radical (unpaired) electrons. The van der Waals surface area contributed by atoms with Crippen LogP contribution in [0.2, 0.25) is 0 Å². The highest BCUT2D eigenvalue weighted by molar-refractivity contribution is 5.43. The second-order valence-corrected chi connectivity index (χ2v) is 5.06. The van der Waals surface area contributed by atoms with Gasteiger partial charge in [0.15, 0.2) is 0 Å². The minimum Gasteiger partial charge on any atom is -0.377 e. The molecule has 0 saturated heterocycles. The molecule has 1 aromatic heterocycles. The zero-order chi connectivity index (χ0) is 14.3. The maximum Gasteiger partial charge on any atom is 0.0644 e. The molecule has 0 amide bonds. The van der Waals surface area contributed by atoms with Crippen molar-refractivity contribution in [3.05, 3.63) is 24.0 Å². The van der Waals surface area contributed by atoms with Crippen molar-refractivity contribution in [2.24, 2.45) is 0 Å². The third-order valence-electron chi connectivity index (χ3n) is 3.04. The highest BCUT2D eigenvalue weighted by Crippen LogP contribution is 2.15. The fourth-order valence-corrected chi connectivity index (χ4v) is 1.84. The molecule has 0 aromatic carbocycles. The van der Waals surface area contributed by atoms with Gasteiger partial charge in [-0.25, -0.2) is 0 Å². The third-order valence-corrected chi connectivity index (χ3v) is 3.04. The first-order valence-electron chi connectivity index (χ1n) is 7.06. The van der Waals surface area contributed by atoms with Crippen molar-refractivity contribution in [1.82, 2.24) is 10.3 Å². The third kappa shape index (κ3) is 5.57. The van der Waals surface area contributed by atoms with E-state index in [1.807, 2.05) is 6.20 Å². The van der Waals surface area contributed by atoms with Crippen LogP contribution in [-0.4, -0.2) is 37.8 Å². The Morgan fingerprint density at radius 3 is 2.58 bits per heavy atom. The number of aromatic nitrogens is 1. The zero-order valence-corrected chi connectivity index (χ0v) is 12.8. The molecule has 1 aromatic rings. The molecule has 0 aliphatic heterocycles. The van der Waals surface area contributed by atoms with Gasteiger partial charge in [-0.1, -0.05) is 6.92 Å². The molecule has 0 aliphatic carbocycles. The second kappa shape index (κ2) is 8.12. The lowest BCUT2D eigenvalue weighted by molar-refractivity contribution is 0.0846. The predicted octanol–water partition coefficient (Wildman–Crippen LogP) is 2.61. The van der Waals surface area contributed by atoms with Crippen molar-refractivity contribution in [3.8, 4) is 0 Å². The van der Waals surface area contributed by atoms with Gasteiger partial charge in [-0.3, -0.25) is 4.98 Å². The molecule has 0 fully saturated rings. The van der Waals surface area contributed by atoms with Gasteiger partial charge >= 0.3 is 0 Å². The summed E-state index contributed by atoms with van der Waals surface area (Å²) >= 11 is 0. The first kappa shape index (κ1) is 15.9. The van der Waals surface area contributed by atoms with E-state index in [2.05, 4.69) is 62.1 Å². The van der Waals surface area contributed by atoms with Gasteiger partial charge in [-0.05, 0) is 39.4 Å². The predicted molar refractivity (Wildman–Crippen MR) is 80.7 cm³/mol. The summed E-state index contributed by atoms with van der Waals surface area (Å²) in [5.74, 6) is 0. The Morgan fingerprint density at radius 2 is 2.05 bits per heavy atom. The number of likely N-dealkylation sites (N-methyl/N-ethyl adjacent to an activating group) is 1. The van der Waals surface area contributed by atoms with Crippen LogP contribution in [0.1, 0.15) is 39.4 Å². The molecule has 1 atom stereocenters. The van der Waals surface area contributed by atoms with E-state index in [1.54, 1.807) is 0 Å². The lowest BCUT2D eigenvalue weighted by Gasteiger charge is -2.20. The SMILES string of the molecule is CCNC(C)c1ccc(N(C)CCOC(C)C)cn1. The number of anilines is 1. The van der Waals surface area contributed by atoms with Crippen LogP contribution >= 0.6 is 0 Å². The molecule has 0 bridgehead atoms. The number of hydrogen-bond acceptors (Lipinski definition) is 4. The summed E-state index contributed by atoms with van der Waals surface area (Å²) in [6, 6.07) is 4.50. The second-order valence-electron chi connectivity index (χ2n) is 5.06. The summed E-state index contributed by atoms with van der Waals surface area (Å²) in [4.78, 5) is 6.68. The summed E-state index contributed by atoms with van der Waals surface area (Å²) in [5.41, 5.74) is 2.21. The number of rotatable bonds is 8. The average molecular weight is 265 g/mol. The topological polar surface area (TPSA) is 37.4 Å². The van der Waals surface area contributed by atoms with Crippen molar-refractivity contribution < 1.29 is 4.74 Å². The van der Waals surface area contributed by atoms with Crippen LogP contribution < -0.4 is 10.2 Å². The number of ether oxygens (including phenoxy) is 1. The van der Waals surface area contributed by atoms with Crippen LogP contribution in [0, 0.1) is 0 Å². The summed E-state index contributed by atoms with van der Waals surface area (Å²) < 4.78 is 5.56. The number of nitrogens with zero attached hydrogens (tertiary/aromatic N) is 2. The quantitative estimate of drug-likeness (QED) is 0.784. The molecule has 0 spiro atoms. The molecule has 19 heavy (non-hydrogen) atoms. The standard InChI is InChI=1S/C15H27N3O/c1-6-16-13(4)15-8-7-14(11-17-15)18(5)9-10-19-12(2)3/h7-8,11-13,16H,6,9-10H2,1-5H3. The summed E-state index contributed by atoms with van der Waals surface area (Å²) in [5, 5.41) is 3.36. The van der Waals surface area contributed by atoms with E-state index in [1.165, 1.54) is 0 Å². The van der Waals surface area contributed by atoms with Crippen molar-refractivity contribution in [1.29, 1.82) is 0 Å². The number of pyridine rings is 1. The molecule has 4 nitrogen and oxygen atoms in total. The van der Waals surface area contributed by atoms with Crippen LogP contribution in [0.4, 0.5) is 5.69 Å². The van der Waals surface area contributed by atoms with E-state index in [0.717, 1.165) is 31.1 Å². The van der Waals surface area contributed by atoms with Gasteiger partial charge in [0.1, 0.15) is 0 Å². The monoisotopic (exact) mass is 265 g/mol. The molecule has 1 rings (SSSR count). The lowest BCUT2D eigenvalue weighted by atomic mass is 10.2. The molecule has 1 unspecified atom stereocenters. The fourth-order valence-electron chi connectivity index (χ4n) is 1.84. The van der Waals surface area contributed by atoms with Crippen molar-refractivity contribution in [3.63, 3.8) is 0 Å². The van der Waals surface area contributed by atoms with Crippen molar-refractivity contribution in [2.45, 2.75) is 39.8 Å². The van der Waals surface area contributed by atoms with Gasteiger partial charge in [-0.2, -0.15) is 0 Å². The zero-order valence-electron chi connectivity index (χ0n) is 12.8. The van der Waals surface area contributed by atoms with Gasteiger partial charge < -0.3 is 15.0 Å². The largest absolute Gasteiger partial charge is 0.377 e. The van der Waals surface area contributed by atoms with Crippen LogP contribution in [0.5, 0.6) is 0 Å². The van der Waals surface area contributed by atoms with Crippen LogP contribution in [0.3, 0.4) is 0 Å². The first-order chi connectivity index (χ1) is 9.04. The Morgan fingerprint density at radius 1 is 1.32 bits per heavy atom. The van der Waals surface area contributed by atoms with Crippen LogP contribution in [0.25, 0.3) is 0 Å². The Labute approximate surface area is 117 Å². The summed E-state index contributed by atoms with van der Waals surface area (Å²) in [6.07, 6.45) is 2.22. The minimum absolute atomic E-state index is 0.287. The van der Waals surface area contributed by atoms with E-state index < -0.39 is 0 Å². The summed E-state index contributed by atoms with van der Waals surface area (Å²) in [7, 11) is 2.06. The van der Waals surface area contributed by atoms with Crippen LogP contribution in [0.15, 0.2) is 18.3 Å². The lowest BCUT2D eigenvalue weighted by Crippen LogP contribution is -2.24. The van der Waals surface area contributed by atoms with Crippen LogP contribution in [-0.2, 0) is 4.74 Å². The average Bonchev–Trinajstić information content (AvgIpc) is 2.38. The fraction of sp³-hybridized carbons (Fsp3) is 0.667. The maximum atomic E-state index is 5.56. The molecule has 0 aliphatic rings. The van der Waals surface area contributed by atoms with Gasteiger partial charge in [0.25, 0.3) is 0 Å². The van der Waals surface area contributed by atoms with Gasteiger partial charge in [-0.15, -0.1) is 0 Å². The number of hydrogen-bond donors (Lipinski definition) is 1. The van der Waals surface area contributed by atoms with Gasteiger partial charge in [0.05, 0.1) is 30.3 Å². The minimum atomic E-state index is 0.287. The molecular formula is C15H27N3O. The van der Waals surface area contributed by atoms with E-state index in [0.29, 0.717) is 6.04 Å². The van der Waals surface area contributed by atoms with E-state index in [4.69, 9.17) is 4.74 Å². The summed E-state index contributed by atoms with van der Waals surface area (Å²) in [6.45, 7) is 10.9. The highest BCUT2D eigenvalue weighted by atomic mass is 16.5. The molecule has 4 heteroatoms. The van der Waals surface area contributed by atoms with E-state index >= 15 is 0 Å². The molecule has 108 valence electrons. The van der Waals surface area contributed by atoms with E-state index in [9.17, 15) is 0 Å². The normalized spacial score (nSPS) is 12.7. The van der Waals surface area contributed by atoms with Gasteiger partial charge in [0.2, 0.25) is 0 Å². The highest BCUT2D eigenvalue weighted by Gasteiger charge is 2.07. The molecule has 1 N–H and O–H groups in total. The molecule has 0 saturated carbocycles. The van der Waals surface area contributed by atoms with Gasteiger partial charge in [0, 0.05) is 19.6 Å². The first-order valence-corrected chi connectivity index (χ1v) is 7.06. The Balaban J connectivity index is 2.50. The Hall–Kier alpha value is -1.13. The van der Waals surface area contributed by atoms with Crippen molar-refractivity contribution in [2.75, 3.05) is 31.6 Å². The smallest absolute Gasteiger partial charge is 0.0644 e. The van der Waals surface area contributed by atoms with E-state index in [-0.39, 0.29) is 6.10 Å². The number of nitrogens with one attached hydrogen (secondary N) is 1.